The summed E-state index contributed by atoms with van der Waals surface area (Å²) in [6.45, 7) is 8.60. The Kier molecular flexibility index (Phi) is 6.93. The van der Waals surface area contributed by atoms with Crippen LogP contribution in [0.5, 0.6) is 0 Å². The lowest BCUT2D eigenvalue weighted by Gasteiger charge is -2.16. The molecule has 0 amide bonds. The molecule has 0 saturated carbocycles. The molecule has 9 heavy (non-hydrogen) atoms. The van der Waals surface area contributed by atoms with E-state index in [0.29, 0.717) is 17.2 Å². The highest BCUT2D eigenvalue weighted by Crippen LogP contribution is 2.17. The Balaban J connectivity index is 0. The molecular weight excluding hydrogens is 130 g/mol. The number of hydrogen-bond donors (Lipinski definition) is 0. The van der Waals surface area contributed by atoms with Crippen molar-refractivity contribution in [1.29, 1.82) is 0 Å². The summed E-state index contributed by atoms with van der Waals surface area (Å²) >= 11 is 5.95. The lowest BCUT2D eigenvalue weighted by molar-refractivity contribution is 0.479. The van der Waals surface area contributed by atoms with Crippen molar-refractivity contribution < 1.29 is 0 Å². The van der Waals surface area contributed by atoms with E-state index in [-0.39, 0.29) is 8.41 Å². The summed E-state index contributed by atoms with van der Waals surface area (Å²) in [5.41, 5.74) is 0. The lowest BCUT2D eigenvalue weighted by atomic mass is 10.0. The van der Waals surface area contributed by atoms with E-state index in [1.54, 1.807) is 0 Å². The molecule has 0 radical (unpaired) electrons. The van der Waals surface area contributed by atoms with E-state index in [4.69, 9.17) is 11.6 Å². The molecule has 0 heterocycles. The molecule has 0 unspecified atom stereocenters. The van der Waals surface area contributed by atoms with Gasteiger partial charge in [0.25, 0.3) is 0 Å². The molecule has 0 spiro atoms. The van der Waals surface area contributed by atoms with Crippen LogP contribution < -0.4 is 0 Å². The van der Waals surface area contributed by atoms with E-state index in [0.717, 1.165) is 0 Å². The van der Waals surface area contributed by atoms with Gasteiger partial charge in [-0.1, -0.05) is 27.7 Å². The first-order valence-electron chi connectivity index (χ1n) is 3.19. The second-order valence-corrected chi connectivity index (χ2v) is 3.44. The van der Waals surface area contributed by atoms with E-state index < -0.39 is 0 Å². The SMILES string of the molecule is B.CC(C)C(Cl)C(C)C. The zero-order valence-corrected chi connectivity index (χ0v) is 6.87. The molecule has 0 nitrogen and oxygen atoms in total. The fraction of sp³-hybridized carbons (Fsp3) is 1.00. The van der Waals surface area contributed by atoms with E-state index in [9.17, 15) is 0 Å². The van der Waals surface area contributed by atoms with Gasteiger partial charge >= 0.3 is 0 Å². The molecule has 0 N–H and O–H groups in total. The average molecular weight is 148 g/mol. The molecule has 0 aromatic rings. The normalized spacial score (nSPS) is 10.7. The summed E-state index contributed by atoms with van der Waals surface area (Å²) in [5.74, 6) is 1.22. The molecule has 0 aromatic carbocycles. The predicted octanol–water partition coefficient (Wildman–Crippen LogP) is 1.72. The van der Waals surface area contributed by atoms with Gasteiger partial charge in [-0.05, 0) is 11.8 Å². The van der Waals surface area contributed by atoms with Crippen LogP contribution in [0.3, 0.4) is 0 Å². The molecule has 0 aliphatic carbocycles. The maximum Gasteiger partial charge on any atom is 0.0814 e. The first-order chi connectivity index (χ1) is 3.55. The molecule has 0 saturated heterocycles. The number of halogens is 1. The summed E-state index contributed by atoms with van der Waals surface area (Å²) in [6, 6.07) is 0. The number of rotatable bonds is 2. The molecule has 0 bridgehead atoms. The van der Waals surface area contributed by atoms with Gasteiger partial charge in [-0.25, -0.2) is 0 Å². The van der Waals surface area contributed by atoms with Gasteiger partial charge in [0.2, 0.25) is 0 Å². The van der Waals surface area contributed by atoms with Gasteiger partial charge in [-0.3, -0.25) is 0 Å². The zero-order valence-electron chi connectivity index (χ0n) is 6.11. The fourth-order valence-electron chi connectivity index (χ4n) is 0.770. The topological polar surface area (TPSA) is 0 Å². The van der Waals surface area contributed by atoms with Crippen molar-refractivity contribution in [3.8, 4) is 0 Å². The van der Waals surface area contributed by atoms with Crippen molar-refractivity contribution in [2.75, 3.05) is 0 Å². The summed E-state index contributed by atoms with van der Waals surface area (Å²) < 4.78 is 0. The monoisotopic (exact) mass is 148 g/mol. The highest BCUT2D eigenvalue weighted by Gasteiger charge is 2.12. The van der Waals surface area contributed by atoms with E-state index >= 15 is 0 Å². The van der Waals surface area contributed by atoms with Gasteiger partial charge in [0, 0.05) is 5.38 Å². The van der Waals surface area contributed by atoms with Gasteiger partial charge in [-0.2, -0.15) is 0 Å². The highest BCUT2D eigenvalue weighted by molar-refractivity contribution is 6.20. The molecule has 0 atom stereocenters. The van der Waals surface area contributed by atoms with Gasteiger partial charge in [0.1, 0.15) is 0 Å². The van der Waals surface area contributed by atoms with Gasteiger partial charge in [0.15, 0.2) is 0 Å². The number of hydrogen-bond acceptors (Lipinski definition) is 0. The minimum atomic E-state index is 0. The van der Waals surface area contributed by atoms with Crippen molar-refractivity contribution in [2.45, 2.75) is 33.1 Å². The fourth-order valence-corrected chi connectivity index (χ4v) is 0.770. The zero-order chi connectivity index (χ0) is 6.73. The van der Waals surface area contributed by atoms with E-state index in [1.807, 2.05) is 0 Å². The summed E-state index contributed by atoms with van der Waals surface area (Å²) in [5, 5.41) is 0.343. The second kappa shape index (κ2) is 5.16. The molecule has 56 valence electrons. The minimum Gasteiger partial charge on any atom is -0.122 e. The standard InChI is InChI=1S/C7H15Cl.BH3/c1-5(2)7(8)6(3)4;/h5-7H,1-4H3;1H3. The van der Waals surface area contributed by atoms with Crippen LogP contribution in [0.1, 0.15) is 27.7 Å². The highest BCUT2D eigenvalue weighted by atomic mass is 35.5. The Labute approximate surface area is 65.6 Å². The van der Waals surface area contributed by atoms with Crippen molar-refractivity contribution in [1.82, 2.24) is 0 Å². The Hall–Kier alpha value is 0.355. The van der Waals surface area contributed by atoms with Crippen LogP contribution in [0, 0.1) is 11.8 Å². The summed E-state index contributed by atoms with van der Waals surface area (Å²) in [7, 11) is 0. The van der Waals surface area contributed by atoms with Crippen LogP contribution in [0.4, 0.5) is 0 Å². The molecule has 0 aliphatic rings. The largest absolute Gasteiger partial charge is 0.122 e. The van der Waals surface area contributed by atoms with Gasteiger partial charge < -0.3 is 0 Å². The van der Waals surface area contributed by atoms with Crippen molar-refractivity contribution in [2.24, 2.45) is 11.8 Å². The molecule has 0 aliphatic heterocycles. The van der Waals surface area contributed by atoms with Gasteiger partial charge in [-0.15, -0.1) is 11.6 Å². The molecule has 0 aromatic heterocycles. The summed E-state index contributed by atoms with van der Waals surface area (Å²) in [4.78, 5) is 0. The van der Waals surface area contributed by atoms with Crippen LogP contribution >= 0.6 is 11.6 Å². The molecule has 0 rings (SSSR count). The third-order valence-corrected chi connectivity index (χ3v) is 2.28. The van der Waals surface area contributed by atoms with Crippen molar-refractivity contribution in [3.63, 3.8) is 0 Å². The first-order valence-corrected chi connectivity index (χ1v) is 3.63. The van der Waals surface area contributed by atoms with Crippen molar-refractivity contribution in [3.05, 3.63) is 0 Å². The van der Waals surface area contributed by atoms with Crippen LogP contribution in [-0.2, 0) is 0 Å². The first kappa shape index (κ1) is 12.1. The molecule has 2 heteroatoms. The smallest absolute Gasteiger partial charge is 0.0814 e. The van der Waals surface area contributed by atoms with E-state index in [2.05, 4.69) is 27.7 Å². The Morgan fingerprint density at radius 1 is 0.889 bits per heavy atom. The minimum absolute atomic E-state index is 0. The van der Waals surface area contributed by atoms with Gasteiger partial charge in [0.05, 0.1) is 8.41 Å². The molecular formula is C7H18BCl. The molecule has 0 fully saturated rings. The van der Waals surface area contributed by atoms with Crippen LogP contribution in [0.2, 0.25) is 0 Å². The Morgan fingerprint density at radius 3 is 1.11 bits per heavy atom. The van der Waals surface area contributed by atoms with Crippen LogP contribution in [-0.4, -0.2) is 13.8 Å². The quantitative estimate of drug-likeness (QED) is 0.413. The predicted molar refractivity (Wildman–Crippen MR) is 49.3 cm³/mol. The van der Waals surface area contributed by atoms with Crippen LogP contribution in [0.15, 0.2) is 0 Å². The van der Waals surface area contributed by atoms with E-state index in [1.165, 1.54) is 0 Å². The lowest BCUT2D eigenvalue weighted by Crippen LogP contribution is -2.14. The van der Waals surface area contributed by atoms with Crippen LogP contribution in [0.25, 0.3) is 0 Å². The average Bonchev–Trinajstić information content (AvgIpc) is 1.64. The maximum absolute atomic E-state index is 5.95. The Bertz CT molecular complexity index is 53.9. The summed E-state index contributed by atoms with van der Waals surface area (Å²) in [6.07, 6.45) is 0. The third kappa shape index (κ3) is 4.83. The Morgan fingerprint density at radius 2 is 1.11 bits per heavy atom. The maximum atomic E-state index is 5.95. The van der Waals surface area contributed by atoms with Crippen molar-refractivity contribution >= 4 is 20.0 Å². The second-order valence-electron chi connectivity index (χ2n) is 2.93. The number of alkyl halides is 1. The third-order valence-electron chi connectivity index (χ3n) is 1.27.